The summed E-state index contributed by atoms with van der Waals surface area (Å²) in [6, 6.07) is 4.63. The van der Waals surface area contributed by atoms with E-state index >= 15 is 0 Å². The summed E-state index contributed by atoms with van der Waals surface area (Å²) in [5.74, 6) is 0.797. The van der Waals surface area contributed by atoms with Crippen molar-refractivity contribution < 1.29 is 13.9 Å². The molecule has 2 aromatic rings. The summed E-state index contributed by atoms with van der Waals surface area (Å²) in [6.45, 7) is 4.45. The van der Waals surface area contributed by atoms with E-state index in [4.69, 9.17) is 9.47 Å². The molecular formula is C15H20FN3O2. The van der Waals surface area contributed by atoms with Crippen LogP contribution in [0, 0.1) is 12.7 Å². The number of aryl methyl sites for hydroxylation is 1. The number of halogens is 1. The normalized spacial score (nSPS) is 12.2. The molecule has 0 aliphatic heterocycles. The van der Waals surface area contributed by atoms with Gasteiger partial charge < -0.3 is 19.4 Å². The Morgan fingerprint density at radius 1 is 1.38 bits per heavy atom. The van der Waals surface area contributed by atoms with Crippen LogP contribution in [0.4, 0.5) is 16.0 Å². The molecule has 1 aromatic carbocycles. The Balaban J connectivity index is 2.31. The number of hydrogen-bond donors (Lipinski definition) is 1. The first-order chi connectivity index (χ1) is 10.0. The van der Waals surface area contributed by atoms with Crippen molar-refractivity contribution in [3.63, 3.8) is 0 Å². The Labute approximate surface area is 123 Å². The Hall–Kier alpha value is -2.08. The van der Waals surface area contributed by atoms with Crippen LogP contribution in [0.3, 0.4) is 0 Å². The Bertz CT molecular complexity index is 613. The minimum Gasteiger partial charge on any atom is -0.497 e. The van der Waals surface area contributed by atoms with Crippen LogP contribution in [-0.2, 0) is 4.74 Å². The van der Waals surface area contributed by atoms with Gasteiger partial charge in [-0.2, -0.15) is 0 Å². The fourth-order valence-electron chi connectivity index (χ4n) is 2.11. The molecule has 0 saturated heterocycles. The lowest BCUT2D eigenvalue weighted by molar-refractivity contribution is 0.163. The van der Waals surface area contributed by atoms with Gasteiger partial charge in [0.2, 0.25) is 5.95 Å². The zero-order valence-corrected chi connectivity index (χ0v) is 12.7. The molecule has 0 amide bonds. The minimum absolute atomic E-state index is 0.0902. The van der Waals surface area contributed by atoms with E-state index in [9.17, 15) is 4.39 Å². The van der Waals surface area contributed by atoms with Gasteiger partial charge in [0.1, 0.15) is 11.6 Å². The van der Waals surface area contributed by atoms with Gasteiger partial charge in [-0.05, 0) is 26.0 Å². The van der Waals surface area contributed by atoms with Crippen molar-refractivity contribution in [1.82, 2.24) is 9.55 Å². The summed E-state index contributed by atoms with van der Waals surface area (Å²) in [6.07, 6.45) is 1.91. The topological polar surface area (TPSA) is 48.3 Å². The predicted octanol–water partition coefficient (Wildman–Crippen LogP) is 3.29. The lowest BCUT2D eigenvalue weighted by Crippen LogP contribution is -2.13. The van der Waals surface area contributed by atoms with Crippen LogP contribution in [0.15, 0.2) is 24.4 Å². The van der Waals surface area contributed by atoms with E-state index in [0.29, 0.717) is 24.0 Å². The van der Waals surface area contributed by atoms with Crippen LogP contribution in [0.5, 0.6) is 5.75 Å². The van der Waals surface area contributed by atoms with Gasteiger partial charge in [0.05, 0.1) is 31.1 Å². The second-order valence-corrected chi connectivity index (χ2v) is 4.89. The molecule has 1 heterocycles. The van der Waals surface area contributed by atoms with Crippen molar-refractivity contribution in [3.05, 3.63) is 35.9 Å². The summed E-state index contributed by atoms with van der Waals surface area (Å²) in [5.41, 5.74) is 1.18. The molecule has 0 fully saturated rings. The maximum Gasteiger partial charge on any atom is 0.207 e. The Morgan fingerprint density at radius 2 is 2.14 bits per heavy atom. The number of benzene rings is 1. The number of aromatic nitrogens is 2. The van der Waals surface area contributed by atoms with E-state index in [1.807, 2.05) is 24.6 Å². The number of ether oxygens (including phenoxy) is 2. The maximum absolute atomic E-state index is 13.9. The molecule has 1 atom stereocenters. The zero-order valence-electron chi connectivity index (χ0n) is 12.7. The van der Waals surface area contributed by atoms with Gasteiger partial charge in [0.25, 0.3) is 0 Å². The molecule has 0 radical (unpaired) electrons. The summed E-state index contributed by atoms with van der Waals surface area (Å²) in [4.78, 5) is 4.39. The molecule has 2 rings (SSSR count). The number of nitrogens with zero attached hydrogens (tertiary/aromatic N) is 2. The number of imidazole rings is 1. The third-order valence-electron chi connectivity index (χ3n) is 3.16. The molecule has 0 aliphatic carbocycles. The largest absolute Gasteiger partial charge is 0.497 e. The summed E-state index contributed by atoms with van der Waals surface area (Å²) >= 11 is 0. The number of nitrogens with one attached hydrogen (secondary N) is 1. The highest BCUT2D eigenvalue weighted by molar-refractivity contribution is 5.57. The molecule has 0 spiro atoms. The molecule has 114 valence electrons. The third-order valence-corrected chi connectivity index (χ3v) is 3.16. The monoisotopic (exact) mass is 293 g/mol. The first-order valence-corrected chi connectivity index (χ1v) is 6.70. The first-order valence-electron chi connectivity index (χ1n) is 6.70. The lowest BCUT2D eigenvalue weighted by atomic mass is 10.3. The van der Waals surface area contributed by atoms with Crippen LogP contribution < -0.4 is 10.1 Å². The van der Waals surface area contributed by atoms with E-state index in [0.717, 1.165) is 5.69 Å². The van der Waals surface area contributed by atoms with Crippen molar-refractivity contribution in [3.8, 4) is 5.75 Å². The summed E-state index contributed by atoms with van der Waals surface area (Å²) in [7, 11) is 3.19. The SMILES string of the molecule is COCC(C)n1cc(C)nc1Nc1cc(OC)ccc1F. The van der Waals surface area contributed by atoms with Gasteiger partial charge >= 0.3 is 0 Å². The molecule has 0 saturated carbocycles. The molecule has 5 nitrogen and oxygen atoms in total. The van der Waals surface area contributed by atoms with E-state index < -0.39 is 0 Å². The van der Waals surface area contributed by atoms with Gasteiger partial charge in [0, 0.05) is 19.4 Å². The highest BCUT2D eigenvalue weighted by Crippen LogP contribution is 2.26. The Kier molecular flexibility index (Phi) is 4.80. The lowest BCUT2D eigenvalue weighted by Gasteiger charge is -2.16. The van der Waals surface area contributed by atoms with Crippen molar-refractivity contribution in [2.45, 2.75) is 19.9 Å². The maximum atomic E-state index is 13.9. The van der Waals surface area contributed by atoms with Crippen LogP contribution in [-0.4, -0.2) is 30.4 Å². The molecule has 0 aliphatic rings. The van der Waals surface area contributed by atoms with Crippen LogP contribution in [0.1, 0.15) is 18.7 Å². The molecule has 1 aromatic heterocycles. The van der Waals surface area contributed by atoms with Crippen molar-refractivity contribution in [1.29, 1.82) is 0 Å². The van der Waals surface area contributed by atoms with Crippen molar-refractivity contribution in [2.75, 3.05) is 26.1 Å². The second-order valence-electron chi connectivity index (χ2n) is 4.89. The van der Waals surface area contributed by atoms with Crippen LogP contribution in [0.25, 0.3) is 0 Å². The van der Waals surface area contributed by atoms with Gasteiger partial charge in [-0.25, -0.2) is 9.37 Å². The van der Waals surface area contributed by atoms with E-state index in [1.54, 1.807) is 26.4 Å². The average molecular weight is 293 g/mol. The fourth-order valence-corrected chi connectivity index (χ4v) is 2.11. The zero-order chi connectivity index (χ0) is 15.4. The molecule has 21 heavy (non-hydrogen) atoms. The number of anilines is 2. The smallest absolute Gasteiger partial charge is 0.207 e. The minimum atomic E-state index is -0.359. The highest BCUT2D eigenvalue weighted by Gasteiger charge is 2.14. The van der Waals surface area contributed by atoms with Gasteiger partial charge in [-0.15, -0.1) is 0 Å². The van der Waals surface area contributed by atoms with Gasteiger partial charge in [0.15, 0.2) is 0 Å². The molecule has 6 heteroatoms. The molecule has 0 bridgehead atoms. The van der Waals surface area contributed by atoms with E-state index in [2.05, 4.69) is 10.3 Å². The number of rotatable bonds is 6. The van der Waals surface area contributed by atoms with Gasteiger partial charge in [-0.3, -0.25) is 0 Å². The standard InChI is InChI=1S/C15H20FN3O2/c1-10-8-19(11(2)9-20-3)15(17-10)18-14-7-12(21-4)5-6-13(14)16/h5-8,11H,9H2,1-4H3,(H,17,18). The second kappa shape index (κ2) is 6.58. The van der Waals surface area contributed by atoms with E-state index in [1.165, 1.54) is 6.07 Å². The molecule has 1 unspecified atom stereocenters. The van der Waals surface area contributed by atoms with Crippen molar-refractivity contribution >= 4 is 11.6 Å². The van der Waals surface area contributed by atoms with Crippen LogP contribution in [0.2, 0.25) is 0 Å². The van der Waals surface area contributed by atoms with Crippen molar-refractivity contribution in [2.24, 2.45) is 0 Å². The first kappa shape index (κ1) is 15.3. The third kappa shape index (κ3) is 3.52. The quantitative estimate of drug-likeness (QED) is 0.888. The number of methoxy groups -OCH3 is 2. The average Bonchev–Trinajstić information content (AvgIpc) is 2.82. The number of hydrogen-bond acceptors (Lipinski definition) is 4. The predicted molar refractivity (Wildman–Crippen MR) is 79.8 cm³/mol. The highest BCUT2D eigenvalue weighted by atomic mass is 19.1. The van der Waals surface area contributed by atoms with E-state index in [-0.39, 0.29) is 11.9 Å². The molecular weight excluding hydrogens is 273 g/mol. The summed E-state index contributed by atoms with van der Waals surface area (Å²) < 4.78 is 26.1. The Morgan fingerprint density at radius 3 is 2.81 bits per heavy atom. The van der Waals surface area contributed by atoms with Gasteiger partial charge in [-0.1, -0.05) is 0 Å². The van der Waals surface area contributed by atoms with Crippen LogP contribution >= 0.6 is 0 Å². The summed E-state index contributed by atoms with van der Waals surface area (Å²) in [5, 5.41) is 3.02. The fraction of sp³-hybridized carbons (Fsp3) is 0.400. The molecule has 1 N–H and O–H groups in total.